The SMILES string of the molecule is Cl.Cl.NC(N)=NN=Cc1c2ccccc2c(C=NN=C(N)N)c2cc([N+](=O)[O-])ccc12. The van der Waals surface area contributed by atoms with Gasteiger partial charge in [-0.15, -0.1) is 35.0 Å². The molecule has 162 valence electrons. The second kappa shape index (κ2) is 10.7. The maximum absolute atomic E-state index is 11.3. The van der Waals surface area contributed by atoms with Crippen molar-refractivity contribution in [3.8, 4) is 0 Å². The first kappa shape index (κ1) is 25.1. The van der Waals surface area contributed by atoms with Crippen molar-refractivity contribution in [3.05, 3.63) is 63.7 Å². The molecular weight excluding hydrogens is 445 g/mol. The van der Waals surface area contributed by atoms with Gasteiger partial charge >= 0.3 is 0 Å². The third-order valence-electron chi connectivity index (χ3n) is 4.02. The molecule has 0 spiro atoms. The highest BCUT2D eigenvalue weighted by Gasteiger charge is 2.15. The number of nitro benzene ring substituents is 1. The number of guanidine groups is 2. The first-order valence-electron chi connectivity index (χ1n) is 8.25. The van der Waals surface area contributed by atoms with Crippen LogP contribution in [0.25, 0.3) is 21.5 Å². The number of hydrogen-bond donors (Lipinski definition) is 4. The molecule has 0 atom stereocenters. The van der Waals surface area contributed by atoms with Crippen LogP contribution >= 0.6 is 24.8 Å². The molecule has 0 aliphatic heterocycles. The van der Waals surface area contributed by atoms with Crippen molar-refractivity contribution in [1.82, 2.24) is 0 Å². The zero-order chi connectivity index (χ0) is 21.0. The summed E-state index contributed by atoms with van der Waals surface area (Å²) in [5, 5.41) is 29.2. The van der Waals surface area contributed by atoms with E-state index in [-0.39, 0.29) is 42.4 Å². The summed E-state index contributed by atoms with van der Waals surface area (Å²) in [6.07, 6.45) is 2.94. The Balaban J connectivity index is 0.00000240. The summed E-state index contributed by atoms with van der Waals surface area (Å²) in [5.74, 6) is -0.395. The van der Waals surface area contributed by atoms with E-state index in [4.69, 9.17) is 22.9 Å². The van der Waals surface area contributed by atoms with Crippen LogP contribution in [0.4, 0.5) is 5.69 Å². The number of non-ortho nitro benzene ring substituents is 1. The Morgan fingerprint density at radius 1 is 0.774 bits per heavy atom. The third kappa shape index (κ3) is 5.56. The molecular formula is C18H19Cl2N9O2. The molecule has 0 fully saturated rings. The highest BCUT2D eigenvalue weighted by molar-refractivity contribution is 6.21. The van der Waals surface area contributed by atoms with Crippen LogP contribution in [0.1, 0.15) is 11.1 Å². The minimum atomic E-state index is -0.473. The van der Waals surface area contributed by atoms with E-state index in [0.717, 1.165) is 10.8 Å². The Bertz CT molecular complexity index is 1230. The van der Waals surface area contributed by atoms with Gasteiger partial charge in [0.1, 0.15) is 0 Å². The minimum absolute atomic E-state index is 0. The standard InChI is InChI=1S/C18H17N9O2.2ClH/c19-17(20)25-23-8-15-11-3-1-2-4-12(11)16(9-24-26-18(21)22)14-7-10(27(28)29)5-6-13(14)15;;/h1-9H,(H4,19,20,25)(H4,21,22,26);2*1H. The van der Waals surface area contributed by atoms with E-state index in [2.05, 4.69) is 20.4 Å². The summed E-state index contributed by atoms with van der Waals surface area (Å²) < 4.78 is 0. The predicted molar refractivity (Wildman–Crippen MR) is 129 cm³/mol. The van der Waals surface area contributed by atoms with E-state index in [9.17, 15) is 10.1 Å². The van der Waals surface area contributed by atoms with Gasteiger partial charge in [0.15, 0.2) is 0 Å². The number of benzene rings is 3. The Morgan fingerprint density at radius 2 is 1.23 bits per heavy atom. The van der Waals surface area contributed by atoms with Gasteiger partial charge in [-0.25, -0.2) is 0 Å². The molecule has 0 heterocycles. The van der Waals surface area contributed by atoms with Crippen LogP contribution in [0, 0.1) is 10.1 Å². The topological polar surface area (TPSA) is 197 Å². The fourth-order valence-corrected chi connectivity index (χ4v) is 2.93. The van der Waals surface area contributed by atoms with Gasteiger partial charge in [-0.3, -0.25) is 10.1 Å². The number of rotatable bonds is 5. The lowest BCUT2D eigenvalue weighted by Gasteiger charge is -2.11. The molecule has 0 aliphatic rings. The van der Waals surface area contributed by atoms with Gasteiger partial charge in [-0.05, 0) is 27.6 Å². The molecule has 3 rings (SSSR count). The Kier molecular flexibility index (Phi) is 8.67. The number of fused-ring (bicyclic) bond motifs is 2. The van der Waals surface area contributed by atoms with Gasteiger partial charge in [-0.2, -0.15) is 10.2 Å². The van der Waals surface area contributed by atoms with Crippen molar-refractivity contribution in [1.29, 1.82) is 0 Å². The van der Waals surface area contributed by atoms with E-state index in [0.29, 0.717) is 21.9 Å². The predicted octanol–water partition coefficient (Wildman–Crippen LogP) is 1.96. The Morgan fingerprint density at radius 3 is 1.68 bits per heavy atom. The lowest BCUT2D eigenvalue weighted by atomic mass is 9.92. The molecule has 0 aromatic heterocycles. The van der Waals surface area contributed by atoms with E-state index < -0.39 is 4.92 Å². The highest BCUT2D eigenvalue weighted by atomic mass is 35.5. The first-order valence-corrected chi connectivity index (χ1v) is 8.25. The van der Waals surface area contributed by atoms with Gasteiger partial charge in [0.2, 0.25) is 11.9 Å². The number of nitro groups is 1. The number of hydrogen-bond acceptors (Lipinski definition) is 6. The van der Waals surface area contributed by atoms with Gasteiger partial charge in [-0.1, -0.05) is 24.3 Å². The van der Waals surface area contributed by atoms with Gasteiger partial charge in [0.25, 0.3) is 5.69 Å². The summed E-state index contributed by atoms with van der Waals surface area (Å²) in [5.41, 5.74) is 22.5. The van der Waals surface area contributed by atoms with Crippen molar-refractivity contribution < 1.29 is 4.92 Å². The zero-order valence-corrected chi connectivity index (χ0v) is 17.5. The fourth-order valence-electron chi connectivity index (χ4n) is 2.93. The van der Waals surface area contributed by atoms with Crippen LogP contribution < -0.4 is 22.9 Å². The van der Waals surface area contributed by atoms with E-state index in [1.807, 2.05) is 24.3 Å². The largest absolute Gasteiger partial charge is 0.369 e. The summed E-state index contributed by atoms with van der Waals surface area (Å²) in [7, 11) is 0. The monoisotopic (exact) mass is 463 g/mol. The highest BCUT2D eigenvalue weighted by Crippen LogP contribution is 2.33. The number of nitrogens with zero attached hydrogens (tertiary/aromatic N) is 5. The zero-order valence-electron chi connectivity index (χ0n) is 15.9. The summed E-state index contributed by atoms with van der Waals surface area (Å²) >= 11 is 0. The molecule has 0 amide bonds. The molecule has 0 unspecified atom stereocenters. The Hall–Kier alpha value is -3.96. The third-order valence-corrected chi connectivity index (χ3v) is 4.02. The quantitative estimate of drug-likeness (QED) is 0.146. The average Bonchev–Trinajstić information content (AvgIpc) is 2.68. The molecule has 13 heteroatoms. The van der Waals surface area contributed by atoms with Crippen LogP contribution in [0.3, 0.4) is 0 Å². The second-order valence-electron chi connectivity index (χ2n) is 5.90. The van der Waals surface area contributed by atoms with Crippen LogP contribution in [0.15, 0.2) is 62.9 Å². The van der Waals surface area contributed by atoms with E-state index >= 15 is 0 Å². The smallest absolute Gasteiger partial charge is 0.270 e. The molecule has 0 aliphatic carbocycles. The Labute approximate surface area is 188 Å². The lowest BCUT2D eigenvalue weighted by molar-refractivity contribution is -0.384. The molecule has 0 bridgehead atoms. The fraction of sp³-hybridized carbons (Fsp3) is 0. The molecule has 11 nitrogen and oxygen atoms in total. The first-order chi connectivity index (χ1) is 13.9. The lowest BCUT2D eigenvalue weighted by Crippen LogP contribution is -2.21. The normalized spacial score (nSPS) is 10.6. The van der Waals surface area contributed by atoms with Gasteiger partial charge < -0.3 is 22.9 Å². The molecule has 0 saturated heterocycles. The molecule has 3 aromatic rings. The average molecular weight is 464 g/mol. The van der Waals surface area contributed by atoms with Crippen LogP contribution in [-0.4, -0.2) is 29.3 Å². The van der Waals surface area contributed by atoms with Crippen molar-refractivity contribution in [2.45, 2.75) is 0 Å². The van der Waals surface area contributed by atoms with Crippen LogP contribution in [0.2, 0.25) is 0 Å². The maximum atomic E-state index is 11.3. The molecule has 0 radical (unpaired) electrons. The minimum Gasteiger partial charge on any atom is -0.369 e. The number of nitrogens with two attached hydrogens (primary N) is 4. The van der Waals surface area contributed by atoms with Crippen molar-refractivity contribution in [3.63, 3.8) is 0 Å². The van der Waals surface area contributed by atoms with Gasteiger partial charge in [0, 0.05) is 23.3 Å². The van der Waals surface area contributed by atoms with E-state index in [1.54, 1.807) is 6.07 Å². The molecule has 8 N–H and O–H groups in total. The maximum Gasteiger partial charge on any atom is 0.270 e. The number of halogens is 2. The van der Waals surface area contributed by atoms with Crippen molar-refractivity contribution in [2.75, 3.05) is 0 Å². The van der Waals surface area contributed by atoms with E-state index in [1.165, 1.54) is 24.6 Å². The molecule has 0 saturated carbocycles. The summed E-state index contributed by atoms with van der Waals surface area (Å²) in [6, 6.07) is 11.9. The van der Waals surface area contributed by atoms with Gasteiger partial charge in [0.05, 0.1) is 17.4 Å². The van der Waals surface area contributed by atoms with Crippen molar-refractivity contribution in [2.24, 2.45) is 43.3 Å². The molecule has 3 aromatic carbocycles. The molecule has 31 heavy (non-hydrogen) atoms. The summed E-state index contributed by atoms with van der Waals surface area (Å²) in [4.78, 5) is 10.8. The van der Waals surface area contributed by atoms with Crippen LogP contribution in [-0.2, 0) is 0 Å². The van der Waals surface area contributed by atoms with Crippen LogP contribution in [0.5, 0.6) is 0 Å². The summed E-state index contributed by atoms with van der Waals surface area (Å²) in [6.45, 7) is 0. The second-order valence-corrected chi connectivity index (χ2v) is 5.90. The van der Waals surface area contributed by atoms with Crippen molar-refractivity contribution >= 4 is 76.4 Å².